The van der Waals surface area contributed by atoms with Gasteiger partial charge >= 0.3 is 5.69 Å². The summed E-state index contributed by atoms with van der Waals surface area (Å²) in [5.41, 5.74) is 2.12. The molecular weight excluding hydrogens is 376 g/mol. The van der Waals surface area contributed by atoms with Crippen LogP contribution in [0.2, 0.25) is 0 Å². The van der Waals surface area contributed by atoms with Gasteiger partial charge in [-0.05, 0) is 52.6 Å². The largest absolute Gasteiger partial charge is 0.362 e. The van der Waals surface area contributed by atoms with Crippen LogP contribution in [0.1, 0.15) is 39.5 Å². The Kier molecular flexibility index (Phi) is 6.65. The Hall–Kier alpha value is -1.34. The Balaban J connectivity index is 1.97. The fourth-order valence-electron chi connectivity index (χ4n) is 2.50. The molecule has 1 heterocycles. The maximum atomic E-state index is 11.3. The first-order valence-electron chi connectivity index (χ1n) is 7.99. The molecular formula is C16H23BrN4OS. The van der Waals surface area contributed by atoms with Crippen molar-refractivity contribution in [1.82, 2.24) is 15.3 Å². The van der Waals surface area contributed by atoms with Crippen molar-refractivity contribution in [3.63, 3.8) is 0 Å². The average Bonchev–Trinajstić information content (AvgIpc) is 2.87. The van der Waals surface area contributed by atoms with Gasteiger partial charge in [-0.3, -0.25) is 0 Å². The first-order chi connectivity index (χ1) is 11.0. The van der Waals surface area contributed by atoms with Gasteiger partial charge in [0, 0.05) is 11.0 Å². The molecule has 2 rings (SSSR count). The van der Waals surface area contributed by atoms with Gasteiger partial charge in [0.2, 0.25) is 0 Å². The second-order valence-corrected chi connectivity index (χ2v) is 6.97. The van der Waals surface area contributed by atoms with Crippen LogP contribution in [0, 0.1) is 5.92 Å². The molecule has 4 N–H and O–H groups in total. The van der Waals surface area contributed by atoms with Crippen LogP contribution >= 0.6 is 28.1 Å². The summed E-state index contributed by atoms with van der Waals surface area (Å²) >= 11 is 8.88. The number of H-pyrrole nitrogens is 2. The van der Waals surface area contributed by atoms with Gasteiger partial charge in [0.25, 0.3) is 0 Å². The molecule has 0 bridgehead atoms. The normalized spacial score (nSPS) is 12.3. The van der Waals surface area contributed by atoms with E-state index < -0.39 is 0 Å². The number of aromatic nitrogens is 2. The average molecular weight is 399 g/mol. The summed E-state index contributed by atoms with van der Waals surface area (Å²) in [6.45, 7) is 5.31. The van der Waals surface area contributed by atoms with Gasteiger partial charge in [0.15, 0.2) is 5.11 Å². The molecule has 0 unspecified atom stereocenters. The molecule has 1 atom stereocenters. The number of rotatable bonds is 7. The molecule has 0 saturated carbocycles. The zero-order chi connectivity index (χ0) is 16.8. The minimum absolute atomic E-state index is 0.216. The Labute approximate surface area is 149 Å². The zero-order valence-corrected chi connectivity index (χ0v) is 15.9. The number of aromatic amines is 2. The zero-order valence-electron chi connectivity index (χ0n) is 13.5. The summed E-state index contributed by atoms with van der Waals surface area (Å²) in [6.07, 6.45) is 4.85. The molecule has 2 aromatic rings. The van der Waals surface area contributed by atoms with E-state index >= 15 is 0 Å². The van der Waals surface area contributed by atoms with E-state index in [9.17, 15) is 4.79 Å². The van der Waals surface area contributed by atoms with E-state index in [-0.39, 0.29) is 5.69 Å². The highest BCUT2D eigenvalue weighted by molar-refractivity contribution is 9.10. The number of benzene rings is 1. The van der Waals surface area contributed by atoms with Crippen LogP contribution in [0.15, 0.2) is 21.4 Å². The molecule has 0 saturated heterocycles. The molecule has 0 aliphatic heterocycles. The number of hydrogen-bond acceptors (Lipinski definition) is 2. The number of fused-ring (bicyclic) bond motifs is 1. The monoisotopic (exact) mass is 398 g/mol. The molecule has 0 fully saturated rings. The van der Waals surface area contributed by atoms with E-state index in [1.165, 1.54) is 19.3 Å². The van der Waals surface area contributed by atoms with Crippen molar-refractivity contribution in [3.8, 4) is 0 Å². The van der Waals surface area contributed by atoms with E-state index in [2.05, 4.69) is 50.4 Å². The van der Waals surface area contributed by atoms with Gasteiger partial charge in [-0.25, -0.2) is 4.79 Å². The van der Waals surface area contributed by atoms with Gasteiger partial charge in [-0.1, -0.05) is 33.1 Å². The maximum absolute atomic E-state index is 11.3. The molecule has 0 aliphatic carbocycles. The number of anilines is 1. The molecule has 23 heavy (non-hydrogen) atoms. The van der Waals surface area contributed by atoms with Crippen molar-refractivity contribution in [2.45, 2.75) is 39.5 Å². The first kappa shape index (κ1) is 18.0. The molecule has 126 valence electrons. The lowest BCUT2D eigenvalue weighted by Gasteiger charge is -2.17. The van der Waals surface area contributed by atoms with Crippen molar-refractivity contribution >= 4 is 50.0 Å². The molecule has 0 aliphatic rings. The van der Waals surface area contributed by atoms with Crippen LogP contribution < -0.4 is 16.3 Å². The topological polar surface area (TPSA) is 72.7 Å². The number of unbranched alkanes of at least 4 members (excludes halogenated alkanes) is 1. The smallest absolute Gasteiger partial charge is 0.323 e. The van der Waals surface area contributed by atoms with E-state index in [0.717, 1.165) is 34.2 Å². The lowest BCUT2D eigenvalue weighted by atomic mass is 9.99. The predicted octanol–water partition coefficient (Wildman–Crippen LogP) is 4.12. The van der Waals surface area contributed by atoms with Gasteiger partial charge in [-0.2, -0.15) is 0 Å². The van der Waals surface area contributed by atoms with Crippen LogP contribution in [-0.2, 0) is 0 Å². The Morgan fingerprint density at radius 3 is 2.65 bits per heavy atom. The maximum Gasteiger partial charge on any atom is 0.323 e. The van der Waals surface area contributed by atoms with Gasteiger partial charge in [-0.15, -0.1) is 0 Å². The van der Waals surface area contributed by atoms with E-state index in [4.69, 9.17) is 12.2 Å². The first-order valence-corrected chi connectivity index (χ1v) is 9.20. The number of thiocarbonyl (C=S) groups is 1. The molecule has 0 radical (unpaired) electrons. The van der Waals surface area contributed by atoms with Crippen molar-refractivity contribution in [1.29, 1.82) is 0 Å². The molecule has 7 heteroatoms. The minimum atomic E-state index is -0.216. The highest BCUT2D eigenvalue weighted by atomic mass is 79.9. The van der Waals surface area contributed by atoms with Crippen molar-refractivity contribution in [3.05, 3.63) is 27.1 Å². The molecule has 0 spiro atoms. The Morgan fingerprint density at radius 2 is 2.00 bits per heavy atom. The van der Waals surface area contributed by atoms with Crippen molar-refractivity contribution in [2.24, 2.45) is 5.92 Å². The quantitative estimate of drug-likeness (QED) is 0.529. The second kappa shape index (κ2) is 8.49. The lowest BCUT2D eigenvalue weighted by molar-refractivity contribution is 0.446. The van der Waals surface area contributed by atoms with E-state index in [0.29, 0.717) is 11.0 Å². The van der Waals surface area contributed by atoms with Crippen LogP contribution in [0.25, 0.3) is 11.0 Å². The third kappa shape index (κ3) is 5.07. The van der Waals surface area contributed by atoms with Gasteiger partial charge in [0.05, 0.1) is 16.7 Å². The minimum Gasteiger partial charge on any atom is -0.362 e. The summed E-state index contributed by atoms with van der Waals surface area (Å²) < 4.78 is 0.849. The molecule has 0 amide bonds. The Morgan fingerprint density at radius 1 is 1.30 bits per heavy atom. The third-order valence-corrected chi connectivity index (χ3v) is 4.85. The summed E-state index contributed by atoms with van der Waals surface area (Å²) in [5, 5.41) is 7.07. The lowest BCUT2D eigenvalue weighted by Crippen LogP contribution is -2.32. The Bertz CT molecular complexity index is 724. The van der Waals surface area contributed by atoms with Gasteiger partial charge in [0.1, 0.15) is 0 Å². The number of hydrogen-bond donors (Lipinski definition) is 4. The number of halogens is 1. The fraction of sp³-hybridized carbons (Fsp3) is 0.500. The highest BCUT2D eigenvalue weighted by Gasteiger charge is 2.09. The van der Waals surface area contributed by atoms with Crippen LogP contribution in [0.5, 0.6) is 0 Å². The fourth-order valence-corrected chi connectivity index (χ4v) is 3.13. The highest BCUT2D eigenvalue weighted by Crippen LogP contribution is 2.26. The predicted molar refractivity (Wildman–Crippen MR) is 104 cm³/mol. The van der Waals surface area contributed by atoms with E-state index in [1.807, 2.05) is 12.1 Å². The summed E-state index contributed by atoms with van der Waals surface area (Å²) in [5.74, 6) is 0.640. The third-order valence-electron chi connectivity index (χ3n) is 3.95. The number of imidazole rings is 1. The van der Waals surface area contributed by atoms with E-state index in [1.54, 1.807) is 0 Å². The van der Waals surface area contributed by atoms with Crippen molar-refractivity contribution < 1.29 is 0 Å². The standard InChI is InChI=1S/C16H23BrN4OS/c1-3-5-6-10(4-2)9-18-16(23)21-12-8-14-13(7-11(12)17)19-15(22)20-14/h7-8,10H,3-6,9H2,1-2H3,(H2,18,21,23)(H2,19,20,22)/t10-/m1/s1. The summed E-state index contributed by atoms with van der Waals surface area (Å²) in [4.78, 5) is 16.8. The SMILES string of the molecule is CCCC[C@@H](CC)CNC(=S)Nc1cc2[nH]c(=O)[nH]c2cc1Br. The molecule has 1 aromatic heterocycles. The van der Waals surface area contributed by atoms with Crippen LogP contribution in [-0.4, -0.2) is 21.6 Å². The van der Waals surface area contributed by atoms with Crippen LogP contribution in [0.3, 0.4) is 0 Å². The molecule has 5 nitrogen and oxygen atoms in total. The summed E-state index contributed by atoms with van der Waals surface area (Å²) in [7, 11) is 0. The van der Waals surface area contributed by atoms with Gasteiger partial charge < -0.3 is 20.6 Å². The summed E-state index contributed by atoms with van der Waals surface area (Å²) in [6, 6.07) is 3.72. The molecule has 1 aromatic carbocycles. The number of nitrogens with one attached hydrogen (secondary N) is 4. The van der Waals surface area contributed by atoms with Crippen molar-refractivity contribution in [2.75, 3.05) is 11.9 Å². The second-order valence-electron chi connectivity index (χ2n) is 5.71. The van der Waals surface area contributed by atoms with Crippen LogP contribution in [0.4, 0.5) is 5.69 Å².